The van der Waals surface area contributed by atoms with Gasteiger partial charge in [-0.05, 0) is 56.9 Å². The first kappa shape index (κ1) is 15.6. The van der Waals surface area contributed by atoms with Gasteiger partial charge in [-0.3, -0.25) is 0 Å². The highest BCUT2D eigenvalue weighted by Gasteiger charge is 2.18. The van der Waals surface area contributed by atoms with Crippen LogP contribution in [0.1, 0.15) is 51.8 Å². The molecule has 2 aromatic carbocycles. The second-order valence-electron chi connectivity index (χ2n) is 5.92. The van der Waals surface area contributed by atoms with Gasteiger partial charge in [-0.2, -0.15) is 0 Å². The fraction of sp³-hybridized carbons (Fsp3) is 0.300. The summed E-state index contributed by atoms with van der Waals surface area (Å²) in [7, 11) is 5.48. The van der Waals surface area contributed by atoms with Gasteiger partial charge in [0.1, 0.15) is 5.75 Å². The van der Waals surface area contributed by atoms with Crippen molar-refractivity contribution in [3.8, 4) is 5.75 Å². The van der Waals surface area contributed by atoms with Crippen molar-refractivity contribution in [3.05, 3.63) is 77.2 Å². The van der Waals surface area contributed by atoms with Crippen molar-refractivity contribution < 1.29 is 4.74 Å². The third kappa shape index (κ3) is 2.97. The first-order valence-electron chi connectivity index (χ1n) is 7.19. The van der Waals surface area contributed by atoms with E-state index in [1.54, 1.807) is 0 Å². The zero-order valence-electron chi connectivity index (χ0n) is 13.4. The summed E-state index contributed by atoms with van der Waals surface area (Å²) in [6, 6.07) is 8.44. The highest BCUT2D eigenvalue weighted by atomic mass is 16.5. The van der Waals surface area contributed by atoms with Gasteiger partial charge >= 0.3 is 0 Å². The zero-order chi connectivity index (χ0) is 15.7. The Morgan fingerprint density at radius 3 is 1.95 bits per heavy atom. The van der Waals surface area contributed by atoms with Crippen LogP contribution in [0, 0.1) is 41.7 Å². The molecule has 108 valence electrons. The molecule has 1 nitrogen and oxygen atoms in total. The van der Waals surface area contributed by atoms with Crippen LogP contribution in [0.15, 0.2) is 24.3 Å². The monoisotopic (exact) mass is 278 g/mol. The van der Waals surface area contributed by atoms with Crippen LogP contribution < -0.4 is 4.74 Å². The van der Waals surface area contributed by atoms with E-state index in [0.29, 0.717) is 0 Å². The molecule has 1 atom stereocenters. The van der Waals surface area contributed by atoms with E-state index in [9.17, 15) is 0 Å². The van der Waals surface area contributed by atoms with Gasteiger partial charge in [-0.25, -0.2) is 0 Å². The topological polar surface area (TPSA) is 9.23 Å². The summed E-state index contributed by atoms with van der Waals surface area (Å²) in [5, 5.41) is 0. The molecule has 0 N–H and O–H groups in total. The Morgan fingerprint density at radius 1 is 0.857 bits per heavy atom. The molecule has 0 aliphatic carbocycles. The molecule has 0 aliphatic heterocycles. The Morgan fingerprint density at radius 2 is 1.38 bits per heavy atom. The molecule has 1 unspecified atom stereocenters. The maximum absolute atomic E-state index is 6.29. The van der Waals surface area contributed by atoms with E-state index in [1.165, 1.54) is 11.1 Å². The van der Waals surface area contributed by atoms with E-state index in [1.807, 2.05) is 13.8 Å². The van der Waals surface area contributed by atoms with Crippen LogP contribution in [0.25, 0.3) is 0 Å². The van der Waals surface area contributed by atoms with Gasteiger partial charge in [0, 0.05) is 11.5 Å². The van der Waals surface area contributed by atoms with Gasteiger partial charge in [-0.1, -0.05) is 42.3 Å². The lowest BCUT2D eigenvalue weighted by Crippen LogP contribution is -2.04. The molecule has 0 saturated heterocycles. The van der Waals surface area contributed by atoms with Crippen LogP contribution in [-0.4, -0.2) is 0 Å². The second kappa shape index (κ2) is 5.93. The molecule has 0 amide bonds. The van der Waals surface area contributed by atoms with Crippen molar-refractivity contribution in [3.63, 3.8) is 0 Å². The standard InChI is InChI=1S/C20H22O/c1-12-8-14(3)16(5)18(10-12)17(6)19-11-13(2)9-15(4)20(19)21-7/h5,7-11,17H,1-4,6H3. The Bertz CT molecular complexity index is 668. The molecule has 0 fully saturated rings. The molecule has 0 spiro atoms. The van der Waals surface area contributed by atoms with Gasteiger partial charge in [0.2, 0.25) is 0 Å². The highest BCUT2D eigenvalue weighted by Crippen LogP contribution is 2.37. The van der Waals surface area contributed by atoms with E-state index >= 15 is 0 Å². The number of benzene rings is 2. The minimum atomic E-state index is 0.126. The van der Waals surface area contributed by atoms with Crippen molar-refractivity contribution in [2.24, 2.45) is 0 Å². The molecule has 0 bridgehead atoms. The normalized spacial score (nSPS) is 12.3. The van der Waals surface area contributed by atoms with Crippen molar-refractivity contribution in [1.82, 2.24) is 0 Å². The number of ether oxygens (including phenoxy) is 1. The SMILES string of the molecule is [CH]Oc1c(C)cc(C)cc1C(C)c1cc(C)cc(C)c1[CH]. The smallest absolute Gasteiger partial charge is 0.180 e. The summed E-state index contributed by atoms with van der Waals surface area (Å²) < 4.78 is 5.13. The molecule has 4 radical (unpaired) electrons. The summed E-state index contributed by atoms with van der Waals surface area (Å²) in [6.07, 6.45) is 0. The van der Waals surface area contributed by atoms with Crippen molar-refractivity contribution in [1.29, 1.82) is 0 Å². The molecule has 0 aromatic heterocycles. The van der Waals surface area contributed by atoms with Crippen LogP contribution in [0.3, 0.4) is 0 Å². The maximum Gasteiger partial charge on any atom is 0.180 e. The summed E-state index contributed by atoms with van der Waals surface area (Å²) in [4.78, 5) is 0. The van der Waals surface area contributed by atoms with Crippen LogP contribution in [0.4, 0.5) is 0 Å². The minimum absolute atomic E-state index is 0.126. The van der Waals surface area contributed by atoms with Crippen LogP contribution in [0.2, 0.25) is 0 Å². The van der Waals surface area contributed by atoms with Crippen molar-refractivity contribution in [2.75, 3.05) is 0 Å². The number of aryl methyl sites for hydroxylation is 4. The Hall–Kier alpha value is -1.76. The molecule has 0 aliphatic rings. The summed E-state index contributed by atoms with van der Waals surface area (Å²) in [5.74, 6) is 0.868. The summed E-state index contributed by atoms with van der Waals surface area (Å²) >= 11 is 0. The van der Waals surface area contributed by atoms with E-state index in [-0.39, 0.29) is 5.92 Å². The fourth-order valence-corrected chi connectivity index (χ4v) is 3.01. The Balaban J connectivity index is 2.62. The fourth-order valence-electron chi connectivity index (χ4n) is 3.01. The van der Waals surface area contributed by atoms with Gasteiger partial charge in [0.05, 0.1) is 0 Å². The van der Waals surface area contributed by atoms with E-state index in [4.69, 9.17) is 18.8 Å². The molecule has 0 saturated carbocycles. The van der Waals surface area contributed by atoms with Crippen molar-refractivity contribution >= 4 is 0 Å². The maximum atomic E-state index is 6.29. The predicted molar refractivity (Wildman–Crippen MR) is 87.7 cm³/mol. The molecule has 2 aromatic rings. The lowest BCUT2D eigenvalue weighted by molar-refractivity contribution is 0.461. The first-order valence-corrected chi connectivity index (χ1v) is 7.19. The molecular formula is C20H22O. The van der Waals surface area contributed by atoms with Crippen molar-refractivity contribution in [2.45, 2.75) is 40.5 Å². The van der Waals surface area contributed by atoms with Gasteiger partial charge in [0.15, 0.2) is 7.11 Å². The van der Waals surface area contributed by atoms with Gasteiger partial charge < -0.3 is 4.74 Å². The van der Waals surface area contributed by atoms with E-state index in [2.05, 4.69) is 45.0 Å². The lowest BCUT2D eigenvalue weighted by Gasteiger charge is -2.21. The minimum Gasteiger partial charge on any atom is -0.482 e. The number of hydrogen-bond donors (Lipinski definition) is 0. The quantitative estimate of drug-likeness (QED) is 0.751. The third-order valence-electron chi connectivity index (χ3n) is 4.06. The number of hydrogen-bond acceptors (Lipinski definition) is 1. The first-order chi connectivity index (χ1) is 9.85. The lowest BCUT2D eigenvalue weighted by atomic mass is 9.85. The van der Waals surface area contributed by atoms with Gasteiger partial charge in [0.25, 0.3) is 0 Å². The highest BCUT2D eigenvalue weighted by molar-refractivity contribution is 5.52. The van der Waals surface area contributed by atoms with Crippen LogP contribution in [-0.2, 0) is 0 Å². The molecule has 21 heavy (non-hydrogen) atoms. The Labute approximate surface area is 129 Å². The Kier molecular flexibility index (Phi) is 4.41. The second-order valence-corrected chi connectivity index (χ2v) is 5.92. The molecule has 1 heteroatoms. The van der Waals surface area contributed by atoms with Gasteiger partial charge in [-0.15, -0.1) is 0 Å². The van der Waals surface area contributed by atoms with Crippen LogP contribution >= 0.6 is 0 Å². The predicted octanol–water partition coefficient (Wildman–Crippen LogP) is 5.18. The average molecular weight is 278 g/mol. The third-order valence-corrected chi connectivity index (χ3v) is 4.06. The number of rotatable bonds is 3. The largest absolute Gasteiger partial charge is 0.482 e. The zero-order valence-corrected chi connectivity index (χ0v) is 13.4. The molecule has 2 rings (SSSR count). The summed E-state index contributed by atoms with van der Waals surface area (Å²) in [5.41, 5.74) is 7.60. The van der Waals surface area contributed by atoms with E-state index < -0.39 is 0 Å². The molecule has 0 heterocycles. The molecular weight excluding hydrogens is 256 g/mol. The van der Waals surface area contributed by atoms with Crippen LogP contribution in [0.5, 0.6) is 5.75 Å². The summed E-state index contributed by atoms with van der Waals surface area (Å²) in [6.45, 7) is 16.6. The average Bonchev–Trinajstić information content (AvgIpc) is 2.41. The van der Waals surface area contributed by atoms with E-state index in [0.717, 1.165) is 33.6 Å².